The highest BCUT2D eigenvalue weighted by Gasteiger charge is 2.44. The van der Waals surface area contributed by atoms with E-state index in [1.807, 2.05) is 60.7 Å². The molecule has 1 amide bonds. The van der Waals surface area contributed by atoms with E-state index < -0.39 is 12.1 Å². The average molecular weight is 564 g/mol. The van der Waals surface area contributed by atoms with Gasteiger partial charge in [0.05, 0.1) is 17.8 Å². The second-order valence-electron chi connectivity index (χ2n) is 12.3. The Morgan fingerprint density at radius 3 is 2.36 bits per heavy atom. The van der Waals surface area contributed by atoms with E-state index in [1.54, 1.807) is 6.33 Å². The Morgan fingerprint density at radius 2 is 1.69 bits per heavy atom. The molecular formula is C35H41N5O2. The maximum Gasteiger partial charge on any atom is 0.217 e. The Morgan fingerprint density at radius 1 is 0.952 bits per heavy atom. The van der Waals surface area contributed by atoms with Crippen molar-refractivity contribution in [1.29, 1.82) is 0 Å². The molecule has 1 fully saturated rings. The topological polar surface area (TPSA) is 99.2 Å². The van der Waals surface area contributed by atoms with Crippen LogP contribution in [0.1, 0.15) is 57.2 Å². The first-order valence-corrected chi connectivity index (χ1v) is 14.7. The number of hydrogen-bond donors (Lipinski definition) is 4. The number of benzene rings is 3. The van der Waals surface area contributed by atoms with Gasteiger partial charge >= 0.3 is 0 Å². The lowest BCUT2D eigenvalue weighted by molar-refractivity contribution is -0.120. The van der Waals surface area contributed by atoms with Crippen LogP contribution in [0.4, 0.5) is 11.5 Å². The molecule has 0 bridgehead atoms. The van der Waals surface area contributed by atoms with Gasteiger partial charge in [-0.3, -0.25) is 4.79 Å². The number of aromatic nitrogens is 2. The standard InChI is InChI=1S/C35H41N5O2/c1-24(41)39-31(32(42)22-38-35(17-18-35)28-12-8-11-27(20-28)34(2,3)4)19-25-13-15-29(16-14-25)40-33-21-30(36-23-37-33)26-9-6-5-7-10-26/h5-16,20-21,23,31-32,38,42H,17-19,22H2,1-4H3,(H,39,41)(H,36,37,40)/t31-,32+/m0/s1. The van der Waals surface area contributed by atoms with E-state index >= 15 is 0 Å². The molecule has 42 heavy (non-hydrogen) atoms. The maximum atomic E-state index is 12.0. The second-order valence-corrected chi connectivity index (χ2v) is 12.3. The van der Waals surface area contributed by atoms with Gasteiger partial charge in [0, 0.05) is 36.3 Å². The number of aliphatic hydroxyl groups excluding tert-OH is 1. The number of carbonyl (C=O) groups excluding carboxylic acids is 1. The Labute approximate surface area is 248 Å². The summed E-state index contributed by atoms with van der Waals surface area (Å²) in [4.78, 5) is 20.8. The van der Waals surface area contributed by atoms with Crippen LogP contribution in [0.3, 0.4) is 0 Å². The normalized spacial score (nSPS) is 15.5. The van der Waals surface area contributed by atoms with E-state index in [0.717, 1.165) is 35.3 Å². The first kappa shape index (κ1) is 29.4. The van der Waals surface area contributed by atoms with E-state index in [2.05, 4.69) is 71.0 Å². The largest absolute Gasteiger partial charge is 0.390 e. The van der Waals surface area contributed by atoms with Crippen LogP contribution in [0.2, 0.25) is 0 Å². The molecule has 7 nitrogen and oxygen atoms in total. The molecule has 0 spiro atoms. The fourth-order valence-electron chi connectivity index (χ4n) is 5.28. The minimum atomic E-state index is -0.743. The molecule has 4 aromatic rings. The van der Waals surface area contributed by atoms with Crippen molar-refractivity contribution in [2.75, 3.05) is 11.9 Å². The molecular weight excluding hydrogens is 522 g/mol. The molecule has 1 aliphatic rings. The summed E-state index contributed by atoms with van der Waals surface area (Å²) in [7, 11) is 0. The van der Waals surface area contributed by atoms with Gasteiger partial charge in [0.1, 0.15) is 12.1 Å². The molecule has 1 aromatic heterocycles. The number of anilines is 2. The number of carbonyl (C=O) groups is 1. The van der Waals surface area contributed by atoms with Gasteiger partial charge in [0.2, 0.25) is 5.91 Å². The third-order valence-corrected chi connectivity index (χ3v) is 7.95. The number of hydrogen-bond acceptors (Lipinski definition) is 6. The molecule has 0 aliphatic heterocycles. The van der Waals surface area contributed by atoms with Crippen LogP contribution in [0, 0.1) is 0 Å². The molecule has 0 radical (unpaired) electrons. The second kappa shape index (κ2) is 12.4. The van der Waals surface area contributed by atoms with Crippen LogP contribution in [-0.4, -0.2) is 39.7 Å². The number of amides is 1. The first-order chi connectivity index (χ1) is 20.1. The molecule has 2 atom stereocenters. The van der Waals surface area contributed by atoms with Gasteiger partial charge in [-0.05, 0) is 53.5 Å². The Balaban J connectivity index is 1.21. The van der Waals surface area contributed by atoms with Crippen molar-refractivity contribution in [3.05, 3.63) is 108 Å². The Kier molecular flexibility index (Phi) is 8.71. The zero-order valence-corrected chi connectivity index (χ0v) is 24.9. The molecule has 1 aliphatic carbocycles. The fraction of sp³-hybridized carbons (Fsp3) is 0.343. The van der Waals surface area contributed by atoms with Crippen LogP contribution in [0.5, 0.6) is 0 Å². The monoisotopic (exact) mass is 563 g/mol. The molecule has 1 heterocycles. The lowest BCUT2D eigenvalue weighted by atomic mass is 9.85. The molecule has 5 rings (SSSR count). The smallest absolute Gasteiger partial charge is 0.217 e. The Hall–Kier alpha value is -4.07. The van der Waals surface area contributed by atoms with Gasteiger partial charge in [-0.1, -0.05) is 87.5 Å². The van der Waals surface area contributed by atoms with Gasteiger partial charge in [-0.15, -0.1) is 0 Å². The first-order valence-electron chi connectivity index (χ1n) is 14.7. The van der Waals surface area contributed by atoms with Crippen LogP contribution < -0.4 is 16.0 Å². The summed E-state index contributed by atoms with van der Waals surface area (Å²) in [5.74, 6) is 0.547. The molecule has 0 saturated heterocycles. The molecule has 3 aromatic carbocycles. The van der Waals surface area contributed by atoms with Crippen molar-refractivity contribution in [2.45, 2.75) is 70.1 Å². The fourth-order valence-corrected chi connectivity index (χ4v) is 5.28. The summed E-state index contributed by atoms with van der Waals surface area (Å²) in [5, 5.41) is 21.2. The predicted octanol–water partition coefficient (Wildman–Crippen LogP) is 5.87. The van der Waals surface area contributed by atoms with Gasteiger partial charge in [0.25, 0.3) is 0 Å². The zero-order valence-electron chi connectivity index (χ0n) is 24.9. The molecule has 0 unspecified atom stereocenters. The summed E-state index contributed by atoms with van der Waals surface area (Å²) in [5.41, 5.74) is 6.32. The maximum absolute atomic E-state index is 12.0. The van der Waals surface area contributed by atoms with Gasteiger partial charge in [-0.25, -0.2) is 9.97 Å². The quantitative estimate of drug-likeness (QED) is 0.182. The van der Waals surface area contributed by atoms with Crippen molar-refractivity contribution in [3.8, 4) is 11.3 Å². The molecule has 4 N–H and O–H groups in total. The third-order valence-electron chi connectivity index (χ3n) is 7.95. The van der Waals surface area contributed by atoms with Gasteiger partial charge in [0.15, 0.2) is 0 Å². The highest BCUT2D eigenvalue weighted by atomic mass is 16.3. The van der Waals surface area contributed by atoms with E-state index in [4.69, 9.17) is 0 Å². The molecule has 7 heteroatoms. The number of rotatable bonds is 11. The summed E-state index contributed by atoms with van der Waals surface area (Å²) in [6.45, 7) is 8.55. The lowest BCUT2D eigenvalue weighted by Crippen LogP contribution is -2.49. The van der Waals surface area contributed by atoms with E-state index in [0.29, 0.717) is 18.8 Å². The van der Waals surface area contributed by atoms with Crippen LogP contribution in [0.25, 0.3) is 11.3 Å². The van der Waals surface area contributed by atoms with Crippen molar-refractivity contribution in [2.24, 2.45) is 0 Å². The van der Waals surface area contributed by atoms with Gasteiger partial charge in [-0.2, -0.15) is 0 Å². The molecule has 218 valence electrons. The lowest BCUT2D eigenvalue weighted by Gasteiger charge is -2.28. The third kappa shape index (κ3) is 7.41. The average Bonchev–Trinajstić information content (AvgIpc) is 3.78. The van der Waals surface area contributed by atoms with Crippen molar-refractivity contribution in [1.82, 2.24) is 20.6 Å². The number of nitrogens with zero attached hydrogens (tertiary/aromatic N) is 2. The Bertz CT molecular complexity index is 1490. The summed E-state index contributed by atoms with van der Waals surface area (Å²) in [6.07, 6.45) is 3.39. The summed E-state index contributed by atoms with van der Waals surface area (Å²) >= 11 is 0. The number of aliphatic hydroxyl groups is 1. The summed E-state index contributed by atoms with van der Waals surface area (Å²) < 4.78 is 0. The minimum Gasteiger partial charge on any atom is -0.390 e. The van der Waals surface area contributed by atoms with Crippen LogP contribution >= 0.6 is 0 Å². The van der Waals surface area contributed by atoms with E-state index in [9.17, 15) is 9.90 Å². The SMILES string of the molecule is CC(=O)N[C@@H](Cc1ccc(Nc2cc(-c3ccccc3)ncn2)cc1)[C@H](O)CNC1(c2cccc(C(C)(C)C)c2)CC1. The molecule has 1 saturated carbocycles. The minimum absolute atomic E-state index is 0.0765. The zero-order chi connectivity index (χ0) is 29.7. The van der Waals surface area contributed by atoms with Crippen molar-refractivity contribution in [3.63, 3.8) is 0 Å². The van der Waals surface area contributed by atoms with E-state index in [1.165, 1.54) is 18.1 Å². The van der Waals surface area contributed by atoms with Crippen molar-refractivity contribution < 1.29 is 9.90 Å². The van der Waals surface area contributed by atoms with E-state index in [-0.39, 0.29) is 16.9 Å². The number of nitrogens with one attached hydrogen (secondary N) is 3. The van der Waals surface area contributed by atoms with Crippen molar-refractivity contribution >= 4 is 17.4 Å². The highest BCUT2D eigenvalue weighted by Crippen LogP contribution is 2.46. The highest BCUT2D eigenvalue weighted by molar-refractivity contribution is 5.73. The predicted molar refractivity (Wildman–Crippen MR) is 169 cm³/mol. The van der Waals surface area contributed by atoms with Crippen LogP contribution in [-0.2, 0) is 22.2 Å². The van der Waals surface area contributed by atoms with Gasteiger partial charge < -0.3 is 21.1 Å². The van der Waals surface area contributed by atoms with Crippen LogP contribution in [0.15, 0.2) is 91.3 Å². The summed E-state index contributed by atoms with van der Waals surface area (Å²) in [6, 6.07) is 28.2.